The first kappa shape index (κ1) is 19.3. The zero-order chi connectivity index (χ0) is 20.5. The first-order chi connectivity index (χ1) is 13.9. The molecule has 148 valence electrons. The lowest BCUT2D eigenvalue weighted by atomic mass is 10.2. The third kappa shape index (κ3) is 3.91. The van der Waals surface area contributed by atoms with Crippen LogP contribution in [-0.4, -0.2) is 20.7 Å². The third-order valence-electron chi connectivity index (χ3n) is 4.56. The number of nitrogens with zero attached hydrogens (tertiary/aromatic N) is 4. The van der Waals surface area contributed by atoms with Crippen LogP contribution in [0.5, 0.6) is 0 Å². The molecular weight excluding hydrogens is 387 g/mol. The molecule has 0 atom stereocenters. The van der Waals surface area contributed by atoms with Crippen LogP contribution in [0.2, 0.25) is 0 Å². The van der Waals surface area contributed by atoms with Crippen LogP contribution in [0.3, 0.4) is 0 Å². The Labute approximate surface area is 172 Å². The molecule has 2 aromatic heterocycles. The molecule has 0 radical (unpaired) electrons. The van der Waals surface area contributed by atoms with E-state index >= 15 is 0 Å². The number of aryl methyl sites for hydroxylation is 1. The SMILES string of the molecule is Cc1cc(C(=O)N(Cc2ccccc2)c2nc3ccc(F)cc3s2)n(C(C)C)n1. The molecule has 5 nitrogen and oxygen atoms in total. The molecule has 0 aliphatic rings. The second kappa shape index (κ2) is 7.75. The molecule has 4 rings (SSSR count). The molecule has 0 spiro atoms. The second-order valence-electron chi connectivity index (χ2n) is 7.19. The summed E-state index contributed by atoms with van der Waals surface area (Å²) in [6.07, 6.45) is 0. The molecule has 1 amide bonds. The van der Waals surface area contributed by atoms with E-state index in [1.54, 1.807) is 21.7 Å². The number of halogens is 1. The molecule has 0 N–H and O–H groups in total. The van der Waals surface area contributed by atoms with E-state index in [9.17, 15) is 9.18 Å². The van der Waals surface area contributed by atoms with Gasteiger partial charge in [0.15, 0.2) is 5.13 Å². The molecule has 0 saturated heterocycles. The zero-order valence-corrected chi connectivity index (χ0v) is 17.3. The van der Waals surface area contributed by atoms with E-state index in [1.165, 1.54) is 23.5 Å². The standard InChI is InChI=1S/C22H21FN4OS/c1-14(2)27-19(11-15(3)25-27)21(28)26(13-16-7-5-4-6-8-16)22-24-18-10-9-17(23)12-20(18)29-22/h4-12,14H,13H2,1-3H3. The van der Waals surface area contributed by atoms with Crippen LogP contribution in [0, 0.1) is 12.7 Å². The molecule has 2 aromatic carbocycles. The fourth-order valence-electron chi connectivity index (χ4n) is 3.20. The van der Waals surface area contributed by atoms with E-state index in [0.29, 0.717) is 27.6 Å². The summed E-state index contributed by atoms with van der Waals surface area (Å²) in [7, 11) is 0. The molecule has 29 heavy (non-hydrogen) atoms. The van der Waals surface area contributed by atoms with Crippen molar-refractivity contribution in [1.82, 2.24) is 14.8 Å². The van der Waals surface area contributed by atoms with Crippen molar-refractivity contribution in [2.24, 2.45) is 0 Å². The summed E-state index contributed by atoms with van der Waals surface area (Å²) in [6.45, 7) is 6.22. The average Bonchev–Trinajstić information content (AvgIpc) is 3.29. The minimum atomic E-state index is -0.317. The Morgan fingerprint density at radius 2 is 1.93 bits per heavy atom. The second-order valence-corrected chi connectivity index (χ2v) is 8.20. The van der Waals surface area contributed by atoms with E-state index in [1.807, 2.05) is 51.1 Å². The maximum absolute atomic E-state index is 13.6. The number of amides is 1. The van der Waals surface area contributed by atoms with Crippen molar-refractivity contribution >= 4 is 32.6 Å². The fraction of sp³-hybridized carbons (Fsp3) is 0.227. The highest BCUT2D eigenvalue weighted by Crippen LogP contribution is 2.31. The predicted octanol–water partition coefficient (Wildman–Crippen LogP) is 5.37. The van der Waals surface area contributed by atoms with E-state index in [2.05, 4.69) is 10.1 Å². The van der Waals surface area contributed by atoms with Crippen LogP contribution in [0.1, 0.15) is 41.6 Å². The summed E-state index contributed by atoms with van der Waals surface area (Å²) in [5.74, 6) is -0.496. The van der Waals surface area contributed by atoms with Gasteiger partial charge in [0.1, 0.15) is 11.5 Å². The quantitative estimate of drug-likeness (QED) is 0.446. The zero-order valence-electron chi connectivity index (χ0n) is 16.5. The minimum Gasteiger partial charge on any atom is -0.278 e. The molecule has 0 fully saturated rings. The first-order valence-electron chi connectivity index (χ1n) is 9.40. The number of carbonyl (C=O) groups excluding carboxylic acids is 1. The van der Waals surface area contributed by atoms with Crippen molar-refractivity contribution < 1.29 is 9.18 Å². The number of carbonyl (C=O) groups is 1. The molecule has 7 heteroatoms. The van der Waals surface area contributed by atoms with Crippen molar-refractivity contribution in [1.29, 1.82) is 0 Å². The summed E-state index contributed by atoms with van der Waals surface area (Å²) in [5, 5.41) is 5.01. The van der Waals surface area contributed by atoms with Crippen molar-refractivity contribution in [2.75, 3.05) is 4.90 Å². The topological polar surface area (TPSA) is 51.0 Å². The van der Waals surface area contributed by atoms with Gasteiger partial charge in [-0.3, -0.25) is 14.4 Å². The van der Waals surface area contributed by atoms with Gasteiger partial charge in [-0.2, -0.15) is 5.10 Å². The molecule has 0 bridgehead atoms. The predicted molar refractivity (Wildman–Crippen MR) is 114 cm³/mol. The summed E-state index contributed by atoms with van der Waals surface area (Å²) in [4.78, 5) is 19.8. The van der Waals surface area contributed by atoms with Gasteiger partial charge in [-0.05, 0) is 50.6 Å². The number of benzene rings is 2. The molecule has 0 aliphatic heterocycles. The van der Waals surface area contributed by atoms with E-state index in [-0.39, 0.29) is 17.8 Å². The molecule has 0 aliphatic carbocycles. The Hall–Kier alpha value is -3.06. The van der Waals surface area contributed by atoms with Crippen LogP contribution < -0.4 is 4.90 Å². The highest BCUT2D eigenvalue weighted by atomic mass is 32.1. The molecule has 0 saturated carbocycles. The number of hydrogen-bond acceptors (Lipinski definition) is 4. The van der Waals surface area contributed by atoms with Gasteiger partial charge >= 0.3 is 0 Å². The third-order valence-corrected chi connectivity index (χ3v) is 5.61. The molecule has 2 heterocycles. The smallest absolute Gasteiger partial charge is 0.278 e. The van der Waals surface area contributed by atoms with E-state index in [4.69, 9.17) is 0 Å². The molecule has 0 unspecified atom stereocenters. The van der Waals surface area contributed by atoms with Crippen LogP contribution in [-0.2, 0) is 6.54 Å². The lowest BCUT2D eigenvalue weighted by Crippen LogP contribution is -2.32. The van der Waals surface area contributed by atoms with E-state index < -0.39 is 0 Å². The normalized spacial score (nSPS) is 11.3. The number of thiazole rings is 1. The van der Waals surface area contributed by atoms with Crippen LogP contribution >= 0.6 is 11.3 Å². The minimum absolute atomic E-state index is 0.0469. The number of hydrogen-bond donors (Lipinski definition) is 0. The Kier molecular flexibility index (Phi) is 5.15. The Balaban J connectivity index is 1.80. The van der Waals surface area contributed by atoms with Gasteiger partial charge in [-0.15, -0.1) is 0 Å². The van der Waals surface area contributed by atoms with Crippen molar-refractivity contribution in [3.63, 3.8) is 0 Å². The monoisotopic (exact) mass is 408 g/mol. The van der Waals surface area contributed by atoms with Crippen LogP contribution in [0.15, 0.2) is 54.6 Å². The number of aromatic nitrogens is 3. The summed E-state index contributed by atoms with van der Waals surface area (Å²) in [5.41, 5.74) is 2.95. The summed E-state index contributed by atoms with van der Waals surface area (Å²) in [6, 6.07) is 16.1. The first-order valence-corrected chi connectivity index (χ1v) is 10.2. The largest absolute Gasteiger partial charge is 0.278 e. The highest BCUT2D eigenvalue weighted by Gasteiger charge is 2.26. The molecule has 4 aromatic rings. The lowest BCUT2D eigenvalue weighted by Gasteiger charge is -2.21. The van der Waals surface area contributed by atoms with Crippen molar-refractivity contribution in [2.45, 2.75) is 33.4 Å². The number of fused-ring (bicyclic) bond motifs is 1. The highest BCUT2D eigenvalue weighted by molar-refractivity contribution is 7.22. The van der Waals surface area contributed by atoms with Gasteiger partial charge in [0.2, 0.25) is 0 Å². The van der Waals surface area contributed by atoms with Gasteiger partial charge in [0, 0.05) is 6.04 Å². The van der Waals surface area contributed by atoms with Crippen LogP contribution in [0.25, 0.3) is 10.2 Å². The maximum atomic E-state index is 13.6. The lowest BCUT2D eigenvalue weighted by molar-refractivity contribution is 0.0973. The Bertz CT molecular complexity index is 1170. The summed E-state index contributed by atoms with van der Waals surface area (Å²) < 4.78 is 16.1. The van der Waals surface area contributed by atoms with Gasteiger partial charge < -0.3 is 0 Å². The Morgan fingerprint density at radius 1 is 1.17 bits per heavy atom. The molecular formula is C22H21FN4OS. The van der Waals surface area contributed by atoms with Gasteiger partial charge in [-0.1, -0.05) is 41.7 Å². The number of rotatable bonds is 5. The fourth-order valence-corrected chi connectivity index (χ4v) is 4.19. The Morgan fingerprint density at radius 3 is 2.66 bits per heavy atom. The maximum Gasteiger partial charge on any atom is 0.278 e. The van der Waals surface area contributed by atoms with Gasteiger partial charge in [0.05, 0.1) is 22.5 Å². The van der Waals surface area contributed by atoms with Crippen molar-refractivity contribution in [3.8, 4) is 0 Å². The average molecular weight is 409 g/mol. The van der Waals surface area contributed by atoms with Gasteiger partial charge in [0.25, 0.3) is 5.91 Å². The van der Waals surface area contributed by atoms with Gasteiger partial charge in [-0.25, -0.2) is 9.37 Å². The number of anilines is 1. The van der Waals surface area contributed by atoms with Crippen LogP contribution in [0.4, 0.5) is 9.52 Å². The summed E-state index contributed by atoms with van der Waals surface area (Å²) >= 11 is 1.31. The van der Waals surface area contributed by atoms with E-state index in [0.717, 1.165) is 11.3 Å². The van der Waals surface area contributed by atoms with Crippen molar-refractivity contribution in [3.05, 3.63) is 77.4 Å².